The maximum absolute atomic E-state index is 6.62. The van der Waals surface area contributed by atoms with Crippen LogP contribution in [0.15, 0.2) is 259 Å². The molecule has 11 aromatic carbocycles. The van der Waals surface area contributed by atoms with Crippen LogP contribution in [0.25, 0.3) is 82.5 Å². The first kappa shape index (κ1) is 38.4. The van der Waals surface area contributed by atoms with E-state index in [4.69, 9.17) is 4.42 Å². The molecule has 0 amide bonds. The van der Waals surface area contributed by atoms with Gasteiger partial charge in [-0.2, -0.15) is 0 Å². The molecule has 0 atom stereocenters. The summed E-state index contributed by atoms with van der Waals surface area (Å²) >= 11 is 0. The summed E-state index contributed by atoms with van der Waals surface area (Å²) in [6.45, 7) is 0. The molecule has 13 aromatic rings. The summed E-state index contributed by atoms with van der Waals surface area (Å²) in [5.74, 6) is 0. The highest BCUT2D eigenvalue weighted by Gasteiger charge is 2.46. The number of hydrogen-bond acceptors (Lipinski definition) is 2. The van der Waals surface area contributed by atoms with Gasteiger partial charge in [-0.15, -0.1) is 0 Å². The van der Waals surface area contributed by atoms with Crippen molar-refractivity contribution in [3.8, 4) is 27.9 Å². The van der Waals surface area contributed by atoms with Crippen LogP contribution in [0.3, 0.4) is 0 Å². The van der Waals surface area contributed by atoms with Gasteiger partial charge in [0.25, 0.3) is 0 Å². The van der Waals surface area contributed by atoms with Crippen LogP contribution in [-0.4, -0.2) is 4.57 Å². The van der Waals surface area contributed by atoms with Gasteiger partial charge in [-0.1, -0.05) is 182 Å². The summed E-state index contributed by atoms with van der Waals surface area (Å²) in [5.41, 5.74) is 17.7. The van der Waals surface area contributed by atoms with Crippen molar-refractivity contribution in [2.24, 2.45) is 0 Å². The van der Waals surface area contributed by atoms with Gasteiger partial charge in [0.1, 0.15) is 11.2 Å². The fourth-order valence-corrected chi connectivity index (χ4v) is 11.5. The van der Waals surface area contributed by atoms with Gasteiger partial charge in [-0.25, -0.2) is 0 Å². The van der Waals surface area contributed by atoms with Crippen molar-refractivity contribution < 1.29 is 4.42 Å². The Morgan fingerprint density at radius 3 is 1.69 bits per heavy atom. The number of benzene rings is 11. The molecular weight excluding hydrogens is 825 g/mol. The Balaban J connectivity index is 1.00. The highest BCUT2D eigenvalue weighted by molar-refractivity contribution is 6.16. The second-order valence-electron chi connectivity index (χ2n) is 18.0. The number of nitrogens with zero attached hydrogens (tertiary/aromatic N) is 2. The molecule has 0 N–H and O–H groups in total. The van der Waals surface area contributed by atoms with Crippen molar-refractivity contribution >= 4 is 71.6 Å². The molecule has 0 saturated heterocycles. The van der Waals surface area contributed by atoms with E-state index in [2.05, 4.69) is 264 Å². The minimum absolute atomic E-state index is 0.548. The lowest BCUT2D eigenvalue weighted by Crippen LogP contribution is -2.28. The monoisotopic (exact) mass is 866 g/mol. The lowest BCUT2D eigenvalue weighted by molar-refractivity contribution is 0.672. The van der Waals surface area contributed by atoms with E-state index in [-0.39, 0.29) is 0 Å². The second-order valence-corrected chi connectivity index (χ2v) is 18.0. The normalized spacial score (nSPS) is 12.8. The number of rotatable bonds is 7. The standard InChI is InChI=1S/C65H42N2O/c1-3-18-45(19-4-1)65(46-20-5-2-6-21-46)58-27-13-9-24-52(58)53-39-37-49(42-59(53)65)66(47-33-35-48(36-34-47)67-61-29-15-11-25-54(61)55-26-12-16-30-62(55)67)60-28-14-10-22-50(60)44-32-40-63-57(41-44)56-38-31-43-17-7-8-23-51(43)64(56)68-63/h1-42H. The molecule has 0 fully saturated rings. The van der Waals surface area contributed by atoms with Gasteiger partial charge in [-0.3, -0.25) is 0 Å². The topological polar surface area (TPSA) is 21.3 Å². The van der Waals surface area contributed by atoms with Crippen LogP contribution in [0, 0.1) is 0 Å². The number of furan rings is 1. The molecule has 0 unspecified atom stereocenters. The predicted octanol–water partition coefficient (Wildman–Crippen LogP) is 17.3. The van der Waals surface area contributed by atoms with Gasteiger partial charge in [-0.05, 0) is 117 Å². The molecule has 0 aliphatic heterocycles. The molecule has 3 heteroatoms. The number of fused-ring (bicyclic) bond motifs is 11. The lowest BCUT2D eigenvalue weighted by atomic mass is 9.67. The van der Waals surface area contributed by atoms with E-state index in [9.17, 15) is 0 Å². The molecule has 2 heterocycles. The van der Waals surface area contributed by atoms with E-state index < -0.39 is 5.41 Å². The van der Waals surface area contributed by atoms with E-state index in [1.807, 2.05) is 0 Å². The SMILES string of the molecule is c1ccc(C2(c3ccccc3)c3ccccc3-c3ccc(N(c4ccc(-n5c6ccccc6c6ccccc65)cc4)c4ccccc4-c4ccc5oc6c7ccccc7ccc6c5c4)cc32)cc1. The van der Waals surface area contributed by atoms with Crippen LogP contribution < -0.4 is 4.90 Å². The van der Waals surface area contributed by atoms with E-state index in [1.54, 1.807) is 0 Å². The van der Waals surface area contributed by atoms with Crippen LogP contribution in [0.5, 0.6) is 0 Å². The van der Waals surface area contributed by atoms with Crippen molar-refractivity contribution in [2.75, 3.05) is 4.90 Å². The zero-order valence-electron chi connectivity index (χ0n) is 37.1. The number of para-hydroxylation sites is 3. The Bertz CT molecular complexity index is 3990. The molecule has 14 rings (SSSR count). The molecule has 0 radical (unpaired) electrons. The first-order valence-corrected chi connectivity index (χ1v) is 23.4. The van der Waals surface area contributed by atoms with Crippen LogP contribution >= 0.6 is 0 Å². The van der Waals surface area contributed by atoms with Crippen molar-refractivity contribution in [3.05, 3.63) is 277 Å². The third-order valence-electron chi connectivity index (χ3n) is 14.5. The highest BCUT2D eigenvalue weighted by Crippen LogP contribution is 2.57. The average Bonchev–Trinajstić information content (AvgIpc) is 4.06. The highest BCUT2D eigenvalue weighted by atomic mass is 16.3. The van der Waals surface area contributed by atoms with Crippen LogP contribution in [0.2, 0.25) is 0 Å². The van der Waals surface area contributed by atoms with E-state index >= 15 is 0 Å². The van der Waals surface area contributed by atoms with Gasteiger partial charge in [0, 0.05) is 49.6 Å². The summed E-state index contributed by atoms with van der Waals surface area (Å²) in [7, 11) is 0. The third-order valence-corrected chi connectivity index (χ3v) is 14.5. The fraction of sp³-hybridized carbons (Fsp3) is 0.0154. The van der Waals surface area contributed by atoms with E-state index in [1.165, 1.54) is 60.6 Å². The Morgan fingerprint density at radius 1 is 0.368 bits per heavy atom. The lowest BCUT2D eigenvalue weighted by Gasteiger charge is -2.35. The second kappa shape index (κ2) is 15.1. The summed E-state index contributed by atoms with van der Waals surface area (Å²) in [6.07, 6.45) is 0. The summed E-state index contributed by atoms with van der Waals surface area (Å²) in [4.78, 5) is 2.46. The van der Waals surface area contributed by atoms with Gasteiger partial charge in [0.15, 0.2) is 0 Å². The molecule has 3 nitrogen and oxygen atoms in total. The number of aromatic nitrogens is 1. The fourth-order valence-electron chi connectivity index (χ4n) is 11.5. The first-order chi connectivity index (χ1) is 33.7. The molecule has 2 aromatic heterocycles. The summed E-state index contributed by atoms with van der Waals surface area (Å²) in [5, 5.41) is 7.01. The predicted molar refractivity (Wildman–Crippen MR) is 283 cm³/mol. The third kappa shape index (κ3) is 5.60. The van der Waals surface area contributed by atoms with Crippen LogP contribution in [0.1, 0.15) is 22.3 Å². The molecule has 1 aliphatic carbocycles. The van der Waals surface area contributed by atoms with Crippen molar-refractivity contribution in [2.45, 2.75) is 5.41 Å². The van der Waals surface area contributed by atoms with Gasteiger partial charge in [0.05, 0.1) is 22.1 Å². The Kier molecular flexibility index (Phi) is 8.50. The molecule has 1 aliphatic rings. The van der Waals surface area contributed by atoms with E-state index in [0.717, 1.165) is 61.2 Å². The smallest absolute Gasteiger partial charge is 0.143 e. The molecule has 68 heavy (non-hydrogen) atoms. The van der Waals surface area contributed by atoms with Crippen molar-refractivity contribution in [1.82, 2.24) is 4.57 Å². The molecule has 318 valence electrons. The largest absolute Gasteiger partial charge is 0.455 e. The zero-order chi connectivity index (χ0) is 44.8. The minimum atomic E-state index is -0.548. The Hall–Kier alpha value is -8.92. The van der Waals surface area contributed by atoms with Gasteiger partial charge < -0.3 is 13.9 Å². The van der Waals surface area contributed by atoms with Crippen molar-refractivity contribution in [3.63, 3.8) is 0 Å². The molecule has 0 spiro atoms. The maximum Gasteiger partial charge on any atom is 0.143 e. The van der Waals surface area contributed by atoms with Crippen molar-refractivity contribution in [1.29, 1.82) is 0 Å². The summed E-state index contributed by atoms with van der Waals surface area (Å²) in [6, 6.07) is 93.2. The minimum Gasteiger partial charge on any atom is -0.455 e. The van der Waals surface area contributed by atoms with E-state index in [0.29, 0.717) is 0 Å². The van der Waals surface area contributed by atoms with Gasteiger partial charge in [0.2, 0.25) is 0 Å². The Labute approximate surface area is 394 Å². The average molecular weight is 867 g/mol. The summed E-state index contributed by atoms with van der Waals surface area (Å²) < 4.78 is 9.01. The maximum atomic E-state index is 6.62. The van der Waals surface area contributed by atoms with Gasteiger partial charge >= 0.3 is 0 Å². The molecular formula is C65H42N2O. The van der Waals surface area contributed by atoms with Crippen LogP contribution in [-0.2, 0) is 5.41 Å². The number of anilines is 3. The van der Waals surface area contributed by atoms with Crippen LogP contribution in [0.4, 0.5) is 17.1 Å². The molecule has 0 saturated carbocycles. The quantitative estimate of drug-likeness (QED) is 0.159. The Morgan fingerprint density at radius 2 is 0.956 bits per heavy atom. The number of hydrogen-bond donors (Lipinski definition) is 0. The zero-order valence-corrected chi connectivity index (χ0v) is 37.1. The first-order valence-electron chi connectivity index (χ1n) is 23.4. The molecule has 0 bridgehead atoms.